The molecule has 4 nitrogen and oxygen atoms in total. The fourth-order valence-corrected chi connectivity index (χ4v) is 3.82. The van der Waals surface area contributed by atoms with E-state index in [-0.39, 0.29) is 0 Å². The monoisotopic (exact) mass is 515 g/mol. The van der Waals surface area contributed by atoms with Crippen molar-refractivity contribution < 1.29 is 4.74 Å². The van der Waals surface area contributed by atoms with Crippen LogP contribution in [0.1, 0.15) is 64.2 Å². The number of aliphatic imine (C=N–C) groups is 1. The summed E-state index contributed by atoms with van der Waals surface area (Å²) >= 11 is 0. The lowest BCUT2D eigenvalue weighted by atomic mass is 9.97. The van der Waals surface area contributed by atoms with E-state index in [1.807, 2.05) is 26.1 Å². The first-order chi connectivity index (χ1) is 18.3. The molecule has 0 spiro atoms. The highest BCUT2D eigenvalue weighted by Crippen LogP contribution is 2.31. The lowest BCUT2D eigenvalue weighted by molar-refractivity contribution is 0.402. The van der Waals surface area contributed by atoms with Gasteiger partial charge in [0.15, 0.2) is 0 Å². The van der Waals surface area contributed by atoms with Crippen molar-refractivity contribution in [2.24, 2.45) is 4.99 Å². The smallest absolute Gasteiger partial charge is 0.133 e. The zero-order valence-electron chi connectivity index (χ0n) is 25.2. The molecule has 0 unspecified atom stereocenters. The Labute approximate surface area is 232 Å². The Kier molecular flexibility index (Phi) is 15.4. The third-order valence-corrected chi connectivity index (χ3v) is 5.74. The minimum Gasteiger partial charge on any atom is -0.496 e. The zero-order valence-corrected chi connectivity index (χ0v) is 25.2. The number of rotatable bonds is 12. The number of nitrogens with one attached hydrogen (secondary N) is 1. The quantitative estimate of drug-likeness (QED) is 0.175. The summed E-state index contributed by atoms with van der Waals surface area (Å²) in [5, 5.41) is 3.41. The summed E-state index contributed by atoms with van der Waals surface area (Å²) < 4.78 is 5.77. The minimum absolute atomic E-state index is 0.503. The van der Waals surface area contributed by atoms with Gasteiger partial charge in [-0.3, -0.25) is 4.99 Å². The molecule has 38 heavy (non-hydrogen) atoms. The molecule has 0 bridgehead atoms. The van der Waals surface area contributed by atoms with Crippen molar-refractivity contribution in [2.45, 2.75) is 60.9 Å². The Morgan fingerprint density at radius 2 is 1.71 bits per heavy atom. The molecule has 2 aromatic carbocycles. The second kappa shape index (κ2) is 18.0. The van der Waals surface area contributed by atoms with Gasteiger partial charge in [-0.2, -0.15) is 0 Å². The fraction of sp³-hybridized carbons (Fsp3) is 0.382. The van der Waals surface area contributed by atoms with Gasteiger partial charge in [0.05, 0.1) is 13.7 Å². The topological polar surface area (TPSA) is 36.9 Å². The minimum atomic E-state index is 0.503. The first kappa shape index (κ1) is 32.7. The molecular formula is C34H49N3O. The number of ether oxygens (including phenoxy) is 1. The largest absolute Gasteiger partial charge is 0.496 e. The Balaban J connectivity index is 0.00000352. The van der Waals surface area contributed by atoms with Crippen LogP contribution in [0.3, 0.4) is 0 Å². The molecule has 0 aliphatic rings. The van der Waals surface area contributed by atoms with E-state index in [0.717, 1.165) is 58.8 Å². The SMILES string of the molecule is C=C(/C=C\C(C)=C\CC)CN=C(N/C=C/CC)c1cc(-c2ccc(CN(C)C)cc2)cc(OC)c1C.CC. The summed E-state index contributed by atoms with van der Waals surface area (Å²) in [5.74, 6) is 1.64. The van der Waals surface area contributed by atoms with Crippen LogP contribution in [0.25, 0.3) is 11.1 Å². The molecule has 4 heteroatoms. The molecule has 0 atom stereocenters. The number of methoxy groups -OCH3 is 1. The van der Waals surface area contributed by atoms with E-state index in [1.54, 1.807) is 7.11 Å². The van der Waals surface area contributed by atoms with Gasteiger partial charge in [0.1, 0.15) is 11.6 Å². The van der Waals surface area contributed by atoms with Gasteiger partial charge < -0.3 is 15.0 Å². The van der Waals surface area contributed by atoms with E-state index in [0.29, 0.717) is 6.54 Å². The summed E-state index contributed by atoms with van der Waals surface area (Å²) in [6, 6.07) is 13.0. The van der Waals surface area contributed by atoms with Gasteiger partial charge >= 0.3 is 0 Å². The van der Waals surface area contributed by atoms with Gasteiger partial charge in [0.25, 0.3) is 0 Å². The maximum Gasteiger partial charge on any atom is 0.133 e. The summed E-state index contributed by atoms with van der Waals surface area (Å²) in [6.45, 7) is 18.1. The maximum absolute atomic E-state index is 5.77. The molecule has 0 radical (unpaired) electrons. The van der Waals surface area contributed by atoms with Crippen LogP contribution < -0.4 is 10.1 Å². The molecule has 2 rings (SSSR count). The predicted molar refractivity (Wildman–Crippen MR) is 168 cm³/mol. The lowest BCUT2D eigenvalue weighted by Gasteiger charge is -2.16. The molecule has 0 aromatic heterocycles. The normalized spacial score (nSPS) is 12.2. The molecule has 0 heterocycles. The molecule has 206 valence electrons. The van der Waals surface area contributed by atoms with Crippen LogP contribution in [0, 0.1) is 6.92 Å². The Morgan fingerprint density at radius 3 is 2.29 bits per heavy atom. The number of hydrogen-bond donors (Lipinski definition) is 1. The highest BCUT2D eigenvalue weighted by Gasteiger charge is 2.14. The summed E-state index contributed by atoms with van der Waals surface area (Å²) in [4.78, 5) is 7.10. The number of nitrogens with zero attached hydrogens (tertiary/aromatic N) is 2. The zero-order chi connectivity index (χ0) is 28.5. The van der Waals surface area contributed by atoms with Crippen molar-refractivity contribution in [3.8, 4) is 16.9 Å². The van der Waals surface area contributed by atoms with Gasteiger partial charge in [0.2, 0.25) is 0 Å². The van der Waals surface area contributed by atoms with Crippen molar-refractivity contribution in [1.29, 1.82) is 0 Å². The highest BCUT2D eigenvalue weighted by molar-refractivity contribution is 6.02. The Morgan fingerprint density at radius 1 is 1.03 bits per heavy atom. The molecule has 0 fully saturated rings. The van der Waals surface area contributed by atoms with Crippen LogP contribution in [-0.4, -0.2) is 38.5 Å². The standard InChI is InChI=1S/C32H43N3O.C2H6/c1-9-11-19-33-32(34-22-25(4)14-13-24(3)12-10-2)30-20-29(21-31(36-8)26(30)5)28-17-15-27(16-18-28)23-35(6)7;1-2/h11-21H,4,9-10,22-23H2,1-3,5-8H3,(H,33,34);1-2H3/b14-13-,19-11+,24-12+;. The van der Waals surface area contributed by atoms with Crippen LogP contribution in [0.4, 0.5) is 0 Å². The Bertz CT molecular complexity index is 1120. The summed E-state index contributed by atoms with van der Waals surface area (Å²) in [7, 11) is 5.88. The number of benzene rings is 2. The second-order valence-electron chi connectivity index (χ2n) is 9.25. The maximum atomic E-state index is 5.77. The first-order valence-corrected chi connectivity index (χ1v) is 13.7. The van der Waals surface area contributed by atoms with E-state index in [2.05, 4.69) is 113 Å². The van der Waals surface area contributed by atoms with Crippen LogP contribution in [0.5, 0.6) is 5.75 Å². The highest BCUT2D eigenvalue weighted by atomic mass is 16.5. The van der Waals surface area contributed by atoms with Crippen LogP contribution in [0.15, 0.2) is 89.6 Å². The molecular weight excluding hydrogens is 466 g/mol. The van der Waals surface area contributed by atoms with Crippen LogP contribution in [0.2, 0.25) is 0 Å². The molecule has 2 aromatic rings. The fourth-order valence-electron chi connectivity index (χ4n) is 3.82. The average Bonchev–Trinajstić information content (AvgIpc) is 2.91. The molecule has 0 amide bonds. The third-order valence-electron chi connectivity index (χ3n) is 5.74. The predicted octanol–water partition coefficient (Wildman–Crippen LogP) is 8.49. The van der Waals surface area contributed by atoms with E-state index < -0.39 is 0 Å². The third kappa shape index (κ3) is 10.9. The van der Waals surface area contributed by atoms with Crippen LogP contribution >= 0.6 is 0 Å². The van der Waals surface area contributed by atoms with Crippen molar-refractivity contribution in [3.05, 3.63) is 101 Å². The second-order valence-corrected chi connectivity index (χ2v) is 9.25. The van der Waals surface area contributed by atoms with E-state index in [4.69, 9.17) is 9.73 Å². The number of allylic oxidation sites excluding steroid dienone is 4. The number of amidine groups is 1. The van der Waals surface area contributed by atoms with Crippen molar-refractivity contribution in [3.63, 3.8) is 0 Å². The van der Waals surface area contributed by atoms with Gasteiger partial charge in [-0.15, -0.1) is 0 Å². The van der Waals surface area contributed by atoms with Crippen LogP contribution in [-0.2, 0) is 6.54 Å². The van der Waals surface area contributed by atoms with Gasteiger partial charge in [-0.25, -0.2) is 0 Å². The molecule has 0 aliphatic heterocycles. The van der Waals surface area contributed by atoms with Crippen molar-refractivity contribution in [1.82, 2.24) is 10.2 Å². The van der Waals surface area contributed by atoms with E-state index in [9.17, 15) is 0 Å². The average molecular weight is 516 g/mol. The Hall–Kier alpha value is -3.37. The van der Waals surface area contributed by atoms with Gasteiger partial charge in [-0.05, 0) is 81.4 Å². The molecule has 1 N–H and O–H groups in total. The van der Waals surface area contributed by atoms with Crippen molar-refractivity contribution in [2.75, 3.05) is 27.7 Å². The summed E-state index contributed by atoms with van der Waals surface area (Å²) in [5.41, 5.74) is 7.77. The molecule has 0 saturated carbocycles. The summed E-state index contributed by atoms with van der Waals surface area (Å²) in [6.07, 6.45) is 12.4. The lowest BCUT2D eigenvalue weighted by Crippen LogP contribution is -2.21. The molecule has 0 saturated heterocycles. The van der Waals surface area contributed by atoms with Gasteiger partial charge in [-0.1, -0.05) is 88.4 Å². The molecule has 0 aliphatic carbocycles. The van der Waals surface area contributed by atoms with Gasteiger partial charge in [0, 0.05) is 17.7 Å². The van der Waals surface area contributed by atoms with E-state index in [1.165, 1.54) is 11.1 Å². The van der Waals surface area contributed by atoms with E-state index >= 15 is 0 Å². The number of hydrogen-bond acceptors (Lipinski definition) is 3. The first-order valence-electron chi connectivity index (χ1n) is 13.7. The van der Waals surface area contributed by atoms with Crippen molar-refractivity contribution >= 4 is 5.84 Å².